The van der Waals surface area contributed by atoms with E-state index >= 15 is 0 Å². The maximum absolute atomic E-state index is 12.6. The molecule has 1 N–H and O–H groups in total. The lowest BCUT2D eigenvalue weighted by atomic mass is 10.1. The molecule has 9 heteroatoms. The van der Waals surface area contributed by atoms with Gasteiger partial charge in [-0.3, -0.25) is 0 Å². The van der Waals surface area contributed by atoms with E-state index in [1.807, 2.05) is 0 Å². The summed E-state index contributed by atoms with van der Waals surface area (Å²) in [6.07, 6.45) is -0.597. The lowest BCUT2D eigenvalue weighted by Gasteiger charge is -2.09. The number of nitrogens with zero attached hydrogens (tertiary/aromatic N) is 4. The molecule has 1 aromatic carbocycles. The predicted molar refractivity (Wildman–Crippen MR) is 87.5 cm³/mol. The van der Waals surface area contributed by atoms with E-state index in [9.17, 15) is 13.2 Å². The summed E-state index contributed by atoms with van der Waals surface area (Å²) in [7, 11) is 0. The van der Waals surface area contributed by atoms with Crippen molar-refractivity contribution >= 4 is 28.6 Å². The van der Waals surface area contributed by atoms with Crippen molar-refractivity contribution < 1.29 is 13.2 Å². The first-order valence-corrected chi connectivity index (χ1v) is 8.09. The van der Waals surface area contributed by atoms with Crippen LogP contribution in [0.1, 0.15) is 24.0 Å². The summed E-state index contributed by atoms with van der Waals surface area (Å²) in [4.78, 5) is 12.7. The van der Waals surface area contributed by atoms with Crippen molar-refractivity contribution in [2.24, 2.45) is 0 Å². The molecule has 0 saturated heterocycles. The minimum atomic E-state index is -4.34. The number of imidazole rings is 1. The molecule has 2 heterocycles. The van der Waals surface area contributed by atoms with Gasteiger partial charge in [0.25, 0.3) is 0 Å². The van der Waals surface area contributed by atoms with Gasteiger partial charge < -0.3 is 9.88 Å². The topological polar surface area (TPSA) is 55.6 Å². The molecule has 3 aromatic rings. The molecule has 1 fully saturated rings. The molecule has 25 heavy (non-hydrogen) atoms. The van der Waals surface area contributed by atoms with Crippen molar-refractivity contribution in [1.82, 2.24) is 19.5 Å². The highest BCUT2D eigenvalue weighted by Gasteiger charge is 2.30. The number of hydrogen-bond acceptors (Lipinski definition) is 4. The summed E-state index contributed by atoms with van der Waals surface area (Å²) >= 11 is 6.00. The van der Waals surface area contributed by atoms with Crippen LogP contribution >= 0.6 is 11.6 Å². The SMILES string of the molecule is FC(F)(F)c1ccc(Cn2cnc3c(NC4CC4)nc(Cl)nc32)cc1. The first-order chi connectivity index (χ1) is 11.9. The third-order valence-corrected chi connectivity index (χ3v) is 4.16. The van der Waals surface area contributed by atoms with Gasteiger partial charge in [-0.2, -0.15) is 23.1 Å². The van der Waals surface area contributed by atoms with Crippen LogP contribution < -0.4 is 5.32 Å². The molecule has 5 nitrogen and oxygen atoms in total. The maximum atomic E-state index is 12.6. The smallest absolute Gasteiger partial charge is 0.365 e. The van der Waals surface area contributed by atoms with Gasteiger partial charge >= 0.3 is 6.18 Å². The molecule has 1 saturated carbocycles. The average molecular weight is 368 g/mol. The fraction of sp³-hybridized carbons (Fsp3) is 0.312. The molecule has 0 radical (unpaired) electrons. The summed E-state index contributed by atoms with van der Waals surface area (Å²) in [6.45, 7) is 0.338. The average Bonchev–Trinajstić information content (AvgIpc) is 3.28. The number of fused-ring (bicyclic) bond motifs is 1. The van der Waals surface area contributed by atoms with Gasteiger partial charge in [-0.15, -0.1) is 0 Å². The molecule has 0 atom stereocenters. The molecule has 4 rings (SSSR count). The van der Waals surface area contributed by atoms with Crippen molar-refractivity contribution in [1.29, 1.82) is 0 Å². The number of anilines is 1. The zero-order valence-electron chi connectivity index (χ0n) is 12.9. The Balaban J connectivity index is 1.64. The second-order valence-corrected chi connectivity index (χ2v) is 6.34. The first kappa shape index (κ1) is 16.1. The van der Waals surface area contributed by atoms with Crippen LogP contribution in [0.15, 0.2) is 30.6 Å². The van der Waals surface area contributed by atoms with Crippen LogP contribution in [0, 0.1) is 0 Å². The van der Waals surface area contributed by atoms with Crippen molar-refractivity contribution in [3.05, 3.63) is 47.0 Å². The molecule has 0 aliphatic heterocycles. The van der Waals surface area contributed by atoms with E-state index in [-0.39, 0.29) is 5.28 Å². The quantitative estimate of drug-likeness (QED) is 0.705. The van der Waals surface area contributed by atoms with Crippen LogP contribution in [0.2, 0.25) is 5.28 Å². The van der Waals surface area contributed by atoms with Gasteiger partial charge in [-0.1, -0.05) is 12.1 Å². The van der Waals surface area contributed by atoms with E-state index in [0.717, 1.165) is 25.0 Å². The zero-order valence-corrected chi connectivity index (χ0v) is 13.6. The molecule has 130 valence electrons. The molecule has 0 spiro atoms. The van der Waals surface area contributed by atoms with Crippen LogP contribution in [0.5, 0.6) is 0 Å². The van der Waals surface area contributed by atoms with Crippen molar-refractivity contribution in [2.75, 3.05) is 5.32 Å². The highest BCUT2D eigenvalue weighted by molar-refractivity contribution is 6.28. The van der Waals surface area contributed by atoms with Gasteiger partial charge in [-0.25, -0.2) is 4.98 Å². The molecule has 0 amide bonds. The van der Waals surface area contributed by atoms with Crippen molar-refractivity contribution in [3.63, 3.8) is 0 Å². The van der Waals surface area contributed by atoms with Gasteiger partial charge in [0, 0.05) is 6.04 Å². The Morgan fingerprint density at radius 2 is 1.88 bits per heavy atom. The van der Waals surface area contributed by atoms with E-state index in [2.05, 4.69) is 20.3 Å². The van der Waals surface area contributed by atoms with E-state index in [4.69, 9.17) is 11.6 Å². The monoisotopic (exact) mass is 367 g/mol. The Hall–Kier alpha value is -2.35. The maximum Gasteiger partial charge on any atom is 0.416 e. The van der Waals surface area contributed by atoms with E-state index in [0.29, 0.717) is 35.1 Å². The van der Waals surface area contributed by atoms with Gasteiger partial charge in [0.05, 0.1) is 18.4 Å². The number of nitrogens with one attached hydrogen (secondary N) is 1. The van der Waals surface area contributed by atoms with Gasteiger partial charge in [0.15, 0.2) is 17.0 Å². The zero-order chi connectivity index (χ0) is 17.6. The Kier molecular flexibility index (Phi) is 3.79. The molecule has 0 unspecified atom stereocenters. The van der Waals surface area contributed by atoms with Crippen molar-refractivity contribution in [3.8, 4) is 0 Å². The number of halogens is 4. The predicted octanol–water partition coefficient (Wildman–Crippen LogP) is 4.12. The van der Waals surface area contributed by atoms with Crippen LogP contribution in [0.25, 0.3) is 11.2 Å². The standard InChI is InChI=1S/C16H13ClF3N5/c17-15-23-13(22-11-5-6-11)12-14(24-15)25(8-21-12)7-9-1-3-10(4-2-9)16(18,19)20/h1-4,8,11H,5-7H2,(H,22,23,24). The second kappa shape index (κ2) is 5.87. The molecule has 1 aliphatic carbocycles. The number of alkyl halides is 3. The Morgan fingerprint density at radius 1 is 1.16 bits per heavy atom. The van der Waals surface area contributed by atoms with Crippen LogP contribution in [0.3, 0.4) is 0 Å². The lowest BCUT2D eigenvalue weighted by Crippen LogP contribution is -2.07. The number of hydrogen-bond donors (Lipinski definition) is 1. The number of rotatable bonds is 4. The fourth-order valence-corrected chi connectivity index (χ4v) is 2.72. The summed E-state index contributed by atoms with van der Waals surface area (Å²) in [6, 6.07) is 5.41. The lowest BCUT2D eigenvalue weighted by molar-refractivity contribution is -0.137. The molecule has 1 aliphatic rings. The van der Waals surface area contributed by atoms with Crippen molar-refractivity contribution in [2.45, 2.75) is 31.6 Å². The van der Waals surface area contributed by atoms with Crippen LogP contribution in [-0.4, -0.2) is 25.6 Å². The summed E-state index contributed by atoms with van der Waals surface area (Å²) in [5.74, 6) is 0.587. The van der Waals surface area contributed by atoms with Gasteiger partial charge in [0.2, 0.25) is 5.28 Å². The third-order valence-electron chi connectivity index (χ3n) is 3.99. The highest BCUT2D eigenvalue weighted by atomic mass is 35.5. The van der Waals surface area contributed by atoms with E-state index < -0.39 is 11.7 Å². The van der Waals surface area contributed by atoms with Gasteiger partial charge in [0.1, 0.15) is 0 Å². The van der Waals surface area contributed by atoms with E-state index in [1.165, 1.54) is 12.1 Å². The molecule has 0 bridgehead atoms. The first-order valence-electron chi connectivity index (χ1n) is 7.71. The minimum Gasteiger partial charge on any atom is -0.365 e. The molecule has 2 aromatic heterocycles. The highest BCUT2D eigenvalue weighted by Crippen LogP contribution is 2.30. The summed E-state index contributed by atoms with van der Waals surface area (Å²) in [5.41, 5.74) is 1.18. The minimum absolute atomic E-state index is 0.102. The molecular weight excluding hydrogens is 355 g/mol. The van der Waals surface area contributed by atoms with Crippen LogP contribution in [-0.2, 0) is 12.7 Å². The normalized spacial score (nSPS) is 14.9. The Labute approximate surface area is 145 Å². The fourth-order valence-electron chi connectivity index (χ4n) is 2.55. The third kappa shape index (κ3) is 3.39. The van der Waals surface area contributed by atoms with Gasteiger partial charge in [-0.05, 0) is 42.1 Å². The largest absolute Gasteiger partial charge is 0.416 e. The number of aromatic nitrogens is 4. The number of benzene rings is 1. The second-order valence-electron chi connectivity index (χ2n) is 6.00. The van der Waals surface area contributed by atoms with Crippen LogP contribution in [0.4, 0.5) is 19.0 Å². The van der Waals surface area contributed by atoms with E-state index in [1.54, 1.807) is 10.9 Å². The summed E-state index contributed by atoms with van der Waals surface area (Å²) < 4.78 is 39.7. The molecular formula is C16H13ClF3N5. The Bertz CT molecular complexity index is 916. The summed E-state index contributed by atoms with van der Waals surface area (Å²) in [5, 5.41) is 3.37. The Morgan fingerprint density at radius 3 is 2.52 bits per heavy atom.